The van der Waals surface area contributed by atoms with Crippen LogP contribution in [0.5, 0.6) is 0 Å². The van der Waals surface area contributed by atoms with Crippen LogP contribution >= 0.6 is 0 Å². The van der Waals surface area contributed by atoms with Gasteiger partial charge in [-0.15, -0.1) is 0 Å². The molecule has 2 aromatic heterocycles. The van der Waals surface area contributed by atoms with Crippen molar-refractivity contribution in [3.8, 4) is 44.5 Å². The Balaban J connectivity index is 1.21. The lowest BCUT2D eigenvalue weighted by atomic mass is 9.78. The summed E-state index contributed by atoms with van der Waals surface area (Å²) >= 11 is 0. The summed E-state index contributed by atoms with van der Waals surface area (Å²) in [6, 6.07) is 53.4. The minimum atomic E-state index is -0.210. The Morgan fingerprint density at radius 3 is 1.85 bits per heavy atom. The lowest BCUT2D eigenvalue weighted by Crippen LogP contribution is -2.16. The summed E-state index contributed by atoms with van der Waals surface area (Å²) in [6.45, 7) is 4.74. The molecule has 0 unspecified atom stereocenters. The van der Waals surface area contributed by atoms with E-state index >= 15 is 0 Å². The maximum atomic E-state index is 6.52. The van der Waals surface area contributed by atoms with Crippen molar-refractivity contribution in [2.75, 3.05) is 0 Å². The van der Waals surface area contributed by atoms with Crippen LogP contribution in [0.3, 0.4) is 0 Å². The van der Waals surface area contributed by atoms with Crippen molar-refractivity contribution < 1.29 is 4.42 Å². The van der Waals surface area contributed by atoms with Gasteiger partial charge in [-0.2, -0.15) is 0 Å². The summed E-state index contributed by atoms with van der Waals surface area (Å²) in [4.78, 5) is 0. The van der Waals surface area contributed by atoms with Crippen LogP contribution in [0.25, 0.3) is 88.0 Å². The molecule has 2 bridgehead atoms. The fraction of sp³-hybridized carbons (Fsp3) is 0.0667. The van der Waals surface area contributed by atoms with Crippen molar-refractivity contribution in [1.82, 2.24) is 0 Å². The second kappa shape index (κ2) is 9.19. The lowest BCUT2D eigenvalue weighted by Gasteiger charge is -2.25. The number of furan rings is 2. The summed E-state index contributed by atoms with van der Waals surface area (Å²) in [6.07, 6.45) is 0. The Morgan fingerprint density at radius 1 is 0.391 bits per heavy atom. The average molecular weight is 587 g/mol. The van der Waals surface area contributed by atoms with E-state index in [-0.39, 0.29) is 5.41 Å². The van der Waals surface area contributed by atoms with E-state index in [1.807, 2.05) is 0 Å². The van der Waals surface area contributed by atoms with Crippen molar-refractivity contribution in [2.45, 2.75) is 19.3 Å². The standard InChI is InChI=1S/C45H30O/c1-45(2)41-36(17-10-18-39(41)40-42(45)44-38-16-9-8-15-37(38)43(40)46-44)33-25-31(27-11-4-3-5-12-27)24-32(26-33)29-21-22-35-30(23-29)20-19-28-13-6-7-14-34(28)35/h3-26H,1-2H3. The number of hydrogen-bond acceptors (Lipinski definition) is 1. The van der Waals surface area contributed by atoms with Crippen molar-refractivity contribution in [3.63, 3.8) is 0 Å². The van der Waals surface area contributed by atoms with E-state index in [4.69, 9.17) is 4.42 Å². The fourth-order valence-corrected chi connectivity index (χ4v) is 8.28. The quantitative estimate of drug-likeness (QED) is 0.188. The molecule has 0 saturated heterocycles. The molecule has 0 saturated carbocycles. The summed E-state index contributed by atoms with van der Waals surface area (Å²) in [5.41, 5.74) is 14.5. The molecule has 1 nitrogen and oxygen atoms in total. The van der Waals surface area contributed by atoms with E-state index in [0.717, 1.165) is 11.2 Å². The topological polar surface area (TPSA) is 13.1 Å². The van der Waals surface area contributed by atoms with E-state index in [1.165, 1.54) is 88.0 Å². The molecule has 46 heavy (non-hydrogen) atoms. The molecule has 0 radical (unpaired) electrons. The first-order valence-electron chi connectivity index (χ1n) is 16.1. The van der Waals surface area contributed by atoms with E-state index in [0.29, 0.717) is 0 Å². The van der Waals surface area contributed by atoms with E-state index < -0.39 is 0 Å². The number of hydrogen-bond donors (Lipinski definition) is 0. The first-order chi connectivity index (χ1) is 22.6. The van der Waals surface area contributed by atoms with E-state index in [9.17, 15) is 0 Å². The van der Waals surface area contributed by atoms with Gasteiger partial charge in [0.25, 0.3) is 0 Å². The maximum Gasteiger partial charge on any atom is 0.143 e. The minimum absolute atomic E-state index is 0.210. The molecule has 0 N–H and O–H groups in total. The normalized spacial score (nSPS) is 13.6. The summed E-state index contributed by atoms with van der Waals surface area (Å²) < 4.78 is 6.52. The van der Waals surface area contributed by atoms with Gasteiger partial charge in [0.2, 0.25) is 0 Å². The van der Waals surface area contributed by atoms with Crippen molar-refractivity contribution >= 4 is 43.5 Å². The molecular weight excluding hydrogens is 556 g/mol. The fourth-order valence-electron chi connectivity index (χ4n) is 8.28. The smallest absolute Gasteiger partial charge is 0.143 e. The van der Waals surface area contributed by atoms with Crippen LogP contribution in [0.15, 0.2) is 150 Å². The molecule has 9 aromatic rings. The molecule has 216 valence electrons. The van der Waals surface area contributed by atoms with Gasteiger partial charge in [0.1, 0.15) is 11.2 Å². The molecule has 0 amide bonds. The van der Waals surface area contributed by atoms with Gasteiger partial charge < -0.3 is 4.42 Å². The highest BCUT2D eigenvalue weighted by Crippen LogP contribution is 2.59. The highest BCUT2D eigenvalue weighted by Gasteiger charge is 2.43. The molecule has 0 atom stereocenters. The van der Waals surface area contributed by atoms with Crippen molar-refractivity contribution in [1.29, 1.82) is 0 Å². The van der Waals surface area contributed by atoms with Gasteiger partial charge in [0, 0.05) is 27.3 Å². The van der Waals surface area contributed by atoms with Gasteiger partial charge in [-0.05, 0) is 90.3 Å². The lowest BCUT2D eigenvalue weighted by molar-refractivity contribution is 0.634. The van der Waals surface area contributed by atoms with Crippen LogP contribution in [0.1, 0.15) is 25.0 Å². The maximum absolute atomic E-state index is 6.52. The second-order valence-corrected chi connectivity index (χ2v) is 13.3. The summed E-state index contributed by atoms with van der Waals surface area (Å²) in [5.74, 6) is 0. The van der Waals surface area contributed by atoms with Gasteiger partial charge in [-0.3, -0.25) is 0 Å². The Morgan fingerprint density at radius 2 is 1.02 bits per heavy atom. The SMILES string of the molecule is CC1(C)c2c(-c3cc(-c4ccccc4)cc(-c4ccc5c(ccc6ccccc65)c4)c3)cccc2-c2c1c1oc2c2ccccc12. The van der Waals surface area contributed by atoms with Crippen molar-refractivity contribution in [3.05, 3.63) is 157 Å². The zero-order valence-corrected chi connectivity index (χ0v) is 25.8. The largest absolute Gasteiger partial charge is 0.455 e. The Labute approximate surface area is 267 Å². The Hall–Kier alpha value is -5.66. The number of benzene rings is 8. The third-order valence-corrected chi connectivity index (χ3v) is 10.3. The van der Waals surface area contributed by atoms with Crippen molar-refractivity contribution in [2.24, 2.45) is 0 Å². The molecule has 0 aliphatic heterocycles. The molecule has 1 heteroatoms. The predicted molar refractivity (Wildman–Crippen MR) is 194 cm³/mol. The second-order valence-electron chi connectivity index (χ2n) is 13.3. The first-order valence-corrected chi connectivity index (χ1v) is 16.1. The molecule has 1 aliphatic carbocycles. The number of rotatable bonds is 3. The van der Waals surface area contributed by atoms with Gasteiger partial charge in [-0.25, -0.2) is 0 Å². The van der Waals surface area contributed by atoms with Crippen LogP contribution in [0.2, 0.25) is 0 Å². The predicted octanol–water partition coefficient (Wildman–Crippen LogP) is 12.6. The highest BCUT2D eigenvalue weighted by atomic mass is 16.3. The molecule has 10 rings (SSSR count). The van der Waals surface area contributed by atoms with Gasteiger partial charge in [0.05, 0.1) is 0 Å². The molecule has 1 aliphatic rings. The van der Waals surface area contributed by atoms with Gasteiger partial charge >= 0.3 is 0 Å². The van der Waals surface area contributed by atoms with E-state index in [2.05, 4.69) is 159 Å². The van der Waals surface area contributed by atoms with Crippen LogP contribution in [0.4, 0.5) is 0 Å². The molecule has 2 heterocycles. The molecule has 0 spiro atoms. The van der Waals surface area contributed by atoms with Gasteiger partial charge in [-0.1, -0.05) is 135 Å². The first kappa shape index (κ1) is 25.6. The molecule has 7 aromatic carbocycles. The van der Waals surface area contributed by atoms with Crippen LogP contribution in [-0.4, -0.2) is 0 Å². The third-order valence-electron chi connectivity index (χ3n) is 10.3. The average Bonchev–Trinajstić information content (AvgIpc) is 3.76. The zero-order valence-electron chi connectivity index (χ0n) is 25.8. The third kappa shape index (κ3) is 3.46. The van der Waals surface area contributed by atoms with Crippen LogP contribution < -0.4 is 0 Å². The summed E-state index contributed by atoms with van der Waals surface area (Å²) in [7, 11) is 0. The highest BCUT2D eigenvalue weighted by molar-refractivity contribution is 6.18. The van der Waals surface area contributed by atoms with Crippen LogP contribution in [-0.2, 0) is 5.41 Å². The van der Waals surface area contributed by atoms with E-state index in [1.54, 1.807) is 0 Å². The monoisotopic (exact) mass is 586 g/mol. The van der Waals surface area contributed by atoms with Gasteiger partial charge in [0.15, 0.2) is 0 Å². The number of fused-ring (bicyclic) bond motifs is 13. The summed E-state index contributed by atoms with van der Waals surface area (Å²) in [5, 5.41) is 7.55. The van der Waals surface area contributed by atoms with Crippen LogP contribution in [0, 0.1) is 0 Å². The zero-order chi connectivity index (χ0) is 30.6. The minimum Gasteiger partial charge on any atom is -0.455 e. The Bertz CT molecular complexity index is 2650. The molecule has 0 fully saturated rings. The Kier molecular flexibility index (Phi) is 5.12. The molecular formula is C45H30O.